The van der Waals surface area contributed by atoms with Gasteiger partial charge in [0.05, 0.1) is 0 Å². The Hall–Kier alpha value is -15.9. The molecule has 0 fully saturated rings. The van der Waals surface area contributed by atoms with Crippen molar-refractivity contribution in [2.75, 3.05) is 0 Å². The lowest BCUT2D eigenvalue weighted by Crippen LogP contribution is -2.54. The summed E-state index contributed by atoms with van der Waals surface area (Å²) >= 11 is 11.8. The van der Waals surface area contributed by atoms with Gasteiger partial charge in [-0.2, -0.15) is 26.3 Å². The van der Waals surface area contributed by atoms with Crippen molar-refractivity contribution in [3.05, 3.63) is 435 Å². The lowest BCUT2D eigenvalue weighted by atomic mass is 9.73. The Kier molecular flexibility index (Phi) is 36.0. The highest BCUT2D eigenvalue weighted by Gasteiger charge is 2.72. The fourth-order valence-corrected chi connectivity index (χ4v) is 13.5. The minimum atomic E-state index is -5.70. The molecule has 19 nitrogen and oxygen atoms in total. The van der Waals surface area contributed by atoms with Crippen LogP contribution in [0.1, 0.15) is 105 Å². The maximum absolute atomic E-state index is 13.6. The van der Waals surface area contributed by atoms with Crippen LogP contribution in [0, 0.1) is 0 Å². The molecule has 0 saturated carbocycles. The van der Waals surface area contributed by atoms with Gasteiger partial charge in [0, 0.05) is 34.0 Å². The summed E-state index contributed by atoms with van der Waals surface area (Å²) in [4.78, 5) is 22.8. The third-order valence-corrected chi connectivity index (χ3v) is 20.8. The summed E-state index contributed by atoms with van der Waals surface area (Å²) in [5.74, 6) is 1.00. The number of benzene rings is 15. The van der Waals surface area contributed by atoms with E-state index in [-0.39, 0.29) is 103 Å². The summed E-state index contributed by atoms with van der Waals surface area (Å²) in [6, 6.07) is 92.4. The molecule has 15 aromatic rings. The van der Waals surface area contributed by atoms with E-state index in [0.29, 0.717) is 47.4 Å². The van der Waals surface area contributed by atoms with E-state index in [4.69, 9.17) is 79.4 Å². The molecule has 0 aromatic heterocycles. The number of aliphatic carboxylic acids is 1. The van der Waals surface area contributed by atoms with Gasteiger partial charge in [-0.3, -0.25) is 9.59 Å². The molecule has 0 saturated heterocycles. The Morgan fingerprint density at radius 3 is 0.644 bits per heavy atom. The zero-order valence-corrected chi connectivity index (χ0v) is 72.2. The molecule has 27 heteroatoms. The molecule has 0 amide bonds. The third-order valence-electron chi connectivity index (χ3n) is 20.4. The van der Waals surface area contributed by atoms with Crippen molar-refractivity contribution in [2.45, 2.75) is 68.6 Å². The Balaban J connectivity index is 0.000000188. The summed E-state index contributed by atoms with van der Waals surface area (Å²) in [5, 5.41) is 155. The van der Waals surface area contributed by atoms with Crippen LogP contribution in [0.2, 0.25) is 0 Å². The zero-order valence-electron chi connectivity index (χ0n) is 70.7. The van der Waals surface area contributed by atoms with Gasteiger partial charge in [0.1, 0.15) is 96.5 Å². The third kappa shape index (κ3) is 29.6. The number of aromatic hydroxyl groups is 16. The number of phenols is 16. The van der Waals surface area contributed by atoms with E-state index in [1.165, 1.54) is 48.5 Å². The van der Waals surface area contributed by atoms with Gasteiger partial charge in [-0.15, -0.1) is 0 Å². The number of carboxylic acids is 1. The predicted molar refractivity (Wildman–Crippen MR) is 495 cm³/mol. The first-order valence-corrected chi connectivity index (χ1v) is 40.7. The van der Waals surface area contributed by atoms with Crippen molar-refractivity contribution in [2.24, 2.45) is 0 Å². The van der Waals surface area contributed by atoms with Crippen LogP contribution in [0.5, 0.6) is 92.0 Å². The van der Waals surface area contributed by atoms with Gasteiger partial charge in [-0.25, -0.2) is 0 Å². The fraction of sp³-hybridized carbons (Fsp3) is 0.105. The van der Waals surface area contributed by atoms with Crippen LogP contribution < -0.4 is 0 Å². The number of rotatable bonds is 16. The fourth-order valence-electron chi connectivity index (χ4n) is 13.1. The van der Waals surface area contributed by atoms with Crippen LogP contribution in [0.3, 0.4) is 0 Å². The highest BCUT2D eigenvalue weighted by molar-refractivity contribution is 6.59. The average molecular weight is 1840 g/mol. The quantitative estimate of drug-likeness (QED) is 0.0243. The topological polar surface area (TPSA) is 378 Å². The molecule has 0 aliphatic heterocycles. The Labute approximate surface area is 765 Å². The maximum atomic E-state index is 13.6. The molecule has 0 aliphatic rings. The minimum Gasteiger partial charge on any atom is -0.508 e. The number of carbonyl (C=O) groups excluding carboxylic acids is 1. The molecule has 0 atom stereocenters. The zero-order chi connectivity index (χ0) is 96.7. The smallest absolute Gasteiger partial charge is 0.411 e. The Morgan fingerprint density at radius 2 is 0.432 bits per heavy atom. The largest absolute Gasteiger partial charge is 0.508 e. The number of halogens is 8. The van der Waals surface area contributed by atoms with Crippen molar-refractivity contribution in [3.8, 4) is 103 Å². The molecule has 0 bridgehead atoms. The molecule has 682 valence electrons. The number of carboxylic acid groups (broad SMARTS) is 1. The van der Waals surface area contributed by atoms with Gasteiger partial charge in [-0.1, -0.05) is 190 Å². The van der Waals surface area contributed by atoms with Crippen molar-refractivity contribution < 1.29 is 123 Å². The molecule has 0 radical (unpaired) electrons. The summed E-state index contributed by atoms with van der Waals surface area (Å²) in [5.41, 5.74) is 4.55. The molecular formula is C105H92Cl2F6O19. The number of phenolic OH excluding ortho intramolecular Hbond substituents is 16. The minimum absolute atomic E-state index is 0.0399. The van der Waals surface area contributed by atoms with Gasteiger partial charge in [0.25, 0.3) is 0 Å². The molecule has 0 heterocycles. The molecule has 0 spiro atoms. The second-order valence-electron chi connectivity index (χ2n) is 30.1. The molecule has 17 N–H and O–H groups in total. The molecule has 0 aliphatic carbocycles. The Morgan fingerprint density at radius 1 is 0.250 bits per heavy atom. The molecule has 15 rings (SSSR count). The normalized spacial score (nSPS) is 10.9. The van der Waals surface area contributed by atoms with E-state index < -0.39 is 51.8 Å². The van der Waals surface area contributed by atoms with Gasteiger partial charge in [0.15, 0.2) is 5.78 Å². The number of hydrogen-bond acceptors (Lipinski definition) is 18. The first-order valence-electron chi connectivity index (χ1n) is 40.0. The summed E-state index contributed by atoms with van der Waals surface area (Å²) < 4.78 is 81.7. The van der Waals surface area contributed by atoms with E-state index in [0.717, 1.165) is 86.3 Å². The Bertz CT molecular complexity index is 5780. The van der Waals surface area contributed by atoms with Crippen LogP contribution in [0.15, 0.2) is 368 Å². The number of carbonyl (C=O) groups is 2. The predicted octanol–water partition coefficient (Wildman–Crippen LogP) is 24.4. The van der Waals surface area contributed by atoms with E-state index in [2.05, 4.69) is 13.8 Å². The molecular weight excluding hydrogens is 1750 g/mol. The van der Waals surface area contributed by atoms with Crippen molar-refractivity contribution in [1.82, 2.24) is 0 Å². The standard InChI is InChI=1S/C17H18O4.C15H10F6O2.C15H16O2.C14H10Cl2O2.C13H10O3.C13H12O2.C12H10O2.C6H6O2/c1-17(11-10-16(20)21,12-2-6-14(18)7-3-12)13-4-8-15(19)9-5-13;16-14(17,18)13(15(19,20)21,9-1-5-11(22)6-2-9)10-3-7-12(23)8-4-10;1-15(2,11-3-7-13(16)8-4-11)12-5-9-14(17)10-6-12;15-14(16)13(9-1-5-11(17)6-2-9)10-3-7-12(18)8-4-10;14-11-5-1-9(2-6-11)13(16)10-3-7-12(15)8-4-10;14-12-5-1-10(2-6-12)9-11-3-7-13(15)8-4-11;13-11-5-1-9(2-6-11)10-3-7-12(14)8-4-10;7-5-1-2-6(8)4-3-5/h2-9,18-19H,10-11H2,1H3,(H,20,21);1-8,22-23H;3-10,16-17H,1-2H3;1-8,17-18H;1-8,14-15H;1-8,14-15H,9H2;1-8,13-14H;1-4,7-8H. The van der Waals surface area contributed by atoms with Crippen LogP contribution in [0.4, 0.5) is 26.3 Å². The summed E-state index contributed by atoms with van der Waals surface area (Å²) in [6.45, 7) is 6.20. The number of hydrogen-bond donors (Lipinski definition) is 17. The van der Waals surface area contributed by atoms with Crippen molar-refractivity contribution >= 4 is 40.5 Å². The first-order chi connectivity index (χ1) is 62.4. The first kappa shape index (κ1) is 102. The van der Waals surface area contributed by atoms with E-state index in [9.17, 15) is 66.6 Å². The van der Waals surface area contributed by atoms with Crippen molar-refractivity contribution in [1.29, 1.82) is 0 Å². The molecule has 15 aromatic carbocycles. The lowest BCUT2D eigenvalue weighted by molar-refractivity contribution is -0.288. The molecule has 132 heavy (non-hydrogen) atoms. The SMILES string of the molecule is CC(C)(c1ccc(O)cc1)c1ccc(O)cc1.CC(CCC(=O)O)(c1ccc(O)cc1)c1ccc(O)cc1.O=C(c1ccc(O)cc1)c1ccc(O)cc1.Oc1ccc(-c2ccc(O)cc2)cc1.Oc1ccc(C(=C(Cl)Cl)c2ccc(O)cc2)cc1.Oc1ccc(C(c2ccc(O)cc2)(C(F)(F)F)C(F)(F)F)cc1.Oc1ccc(Cc2ccc(O)cc2)cc1.Oc1ccc(O)cc1. The van der Waals surface area contributed by atoms with Gasteiger partial charge < -0.3 is 86.8 Å². The van der Waals surface area contributed by atoms with E-state index in [1.807, 2.05) is 79.7 Å². The number of alkyl halides is 6. The second-order valence-corrected chi connectivity index (χ2v) is 31.1. The van der Waals surface area contributed by atoms with Crippen LogP contribution in [-0.4, -0.2) is 111 Å². The summed E-state index contributed by atoms with van der Waals surface area (Å²) in [7, 11) is 0. The van der Waals surface area contributed by atoms with Gasteiger partial charge >= 0.3 is 18.3 Å². The van der Waals surface area contributed by atoms with Crippen LogP contribution in [-0.2, 0) is 27.5 Å². The van der Waals surface area contributed by atoms with E-state index in [1.54, 1.807) is 194 Å². The van der Waals surface area contributed by atoms with Crippen LogP contribution >= 0.6 is 23.2 Å². The van der Waals surface area contributed by atoms with Crippen LogP contribution in [0.25, 0.3) is 16.7 Å². The molecule has 0 unspecified atom stereocenters. The van der Waals surface area contributed by atoms with Gasteiger partial charge in [-0.05, 0) is 298 Å². The highest BCUT2D eigenvalue weighted by Crippen LogP contribution is 2.57. The monoisotopic (exact) mass is 1840 g/mol. The van der Waals surface area contributed by atoms with E-state index >= 15 is 0 Å². The second kappa shape index (κ2) is 46.7. The maximum Gasteiger partial charge on any atom is 0.411 e. The van der Waals surface area contributed by atoms with Gasteiger partial charge in [0.2, 0.25) is 5.41 Å². The highest BCUT2D eigenvalue weighted by atomic mass is 35.5. The van der Waals surface area contributed by atoms with Crippen molar-refractivity contribution in [3.63, 3.8) is 0 Å². The number of ketones is 1. The summed E-state index contributed by atoms with van der Waals surface area (Å²) in [6.07, 6.45) is -10.1. The lowest BCUT2D eigenvalue weighted by Gasteiger charge is -2.38. The average Bonchev–Trinajstić information content (AvgIpc) is 0.715.